The molecule has 0 aliphatic rings. The van der Waals surface area contributed by atoms with E-state index in [0.29, 0.717) is 0 Å². The molecule has 7 heteroatoms. The lowest BCUT2D eigenvalue weighted by Gasteiger charge is -2.05. The van der Waals surface area contributed by atoms with Crippen LogP contribution in [0, 0.1) is 0 Å². The summed E-state index contributed by atoms with van der Waals surface area (Å²) in [4.78, 5) is 20.6. The highest BCUT2D eigenvalue weighted by atomic mass is 16.3. The molecule has 0 rings (SSSR count). The molecule has 2 amide bonds. The van der Waals surface area contributed by atoms with Crippen molar-refractivity contribution < 1.29 is 14.7 Å². The van der Waals surface area contributed by atoms with Crippen LogP contribution in [0.1, 0.15) is 0 Å². The number of hydrogen-bond acceptors (Lipinski definition) is 5. The second-order valence-corrected chi connectivity index (χ2v) is 1.42. The fraction of sp³-hybridized carbons (Fsp3) is 0.333. The number of hydrogen-bond donors (Lipinski definition) is 5. The van der Waals surface area contributed by atoms with E-state index in [4.69, 9.17) is 5.11 Å². The Morgan fingerprint density at radius 2 is 1.50 bits per heavy atom. The summed E-state index contributed by atoms with van der Waals surface area (Å²) in [6.07, 6.45) is -1.85. The molecule has 0 unspecified atom stereocenters. The third kappa shape index (κ3) is 1.97. The number of carbonyl (C=O) groups is 2. The summed E-state index contributed by atoms with van der Waals surface area (Å²) in [5.74, 6) is 7.15. The van der Waals surface area contributed by atoms with Crippen molar-refractivity contribution in [2.45, 2.75) is 6.10 Å². The molecule has 0 aromatic heterocycles. The molecule has 0 saturated heterocycles. The normalized spacial score (nSPS) is 9.20. The molecule has 10 heavy (non-hydrogen) atoms. The van der Waals surface area contributed by atoms with Crippen LogP contribution in [0.3, 0.4) is 0 Å². The van der Waals surface area contributed by atoms with Gasteiger partial charge in [-0.1, -0.05) is 0 Å². The summed E-state index contributed by atoms with van der Waals surface area (Å²) in [7, 11) is 0. The van der Waals surface area contributed by atoms with Crippen LogP contribution < -0.4 is 22.5 Å². The van der Waals surface area contributed by atoms with Crippen molar-refractivity contribution in [1.29, 1.82) is 0 Å². The maximum atomic E-state index is 10.3. The summed E-state index contributed by atoms with van der Waals surface area (Å²) in [6, 6.07) is 0. The highest BCUT2D eigenvalue weighted by Gasteiger charge is 2.21. The quantitative estimate of drug-likeness (QED) is 0.119. The molecule has 58 valence electrons. The molecule has 0 heterocycles. The minimum absolute atomic E-state index is 1.01. The number of aliphatic hydroxyl groups is 1. The van der Waals surface area contributed by atoms with E-state index in [1.165, 1.54) is 0 Å². The summed E-state index contributed by atoms with van der Waals surface area (Å²) in [5.41, 5.74) is 3.15. The van der Waals surface area contributed by atoms with Gasteiger partial charge in [0.25, 0.3) is 11.8 Å². The Morgan fingerprint density at radius 1 is 1.20 bits per heavy atom. The van der Waals surface area contributed by atoms with Gasteiger partial charge in [0.15, 0.2) is 0 Å². The maximum Gasteiger partial charge on any atom is 0.272 e. The van der Waals surface area contributed by atoms with Gasteiger partial charge in [-0.2, -0.15) is 0 Å². The lowest BCUT2D eigenvalue weighted by Crippen LogP contribution is -2.49. The van der Waals surface area contributed by atoms with Gasteiger partial charge in [-0.3, -0.25) is 20.4 Å². The second-order valence-electron chi connectivity index (χ2n) is 1.42. The Morgan fingerprint density at radius 3 is 1.70 bits per heavy atom. The van der Waals surface area contributed by atoms with Crippen LogP contribution in [0.5, 0.6) is 0 Å². The fourth-order valence-electron chi connectivity index (χ4n) is 0.277. The molecule has 0 atom stereocenters. The Balaban J connectivity index is 3.94. The van der Waals surface area contributed by atoms with Crippen LogP contribution in [0.4, 0.5) is 0 Å². The van der Waals surface area contributed by atoms with E-state index < -0.39 is 17.9 Å². The SMILES string of the molecule is NNC(=O)C(O)C(=O)NN. The van der Waals surface area contributed by atoms with Gasteiger partial charge < -0.3 is 5.11 Å². The third-order valence-corrected chi connectivity index (χ3v) is 0.781. The zero-order valence-electron chi connectivity index (χ0n) is 5.00. The molecule has 0 aromatic rings. The zero-order chi connectivity index (χ0) is 8.15. The average molecular weight is 148 g/mol. The minimum Gasteiger partial charge on any atom is -0.375 e. The molecular formula is C3H8N4O3. The number of rotatable bonds is 2. The topological polar surface area (TPSA) is 130 Å². The average Bonchev–Trinajstić information content (AvgIpc) is 2.00. The van der Waals surface area contributed by atoms with Crippen molar-refractivity contribution >= 4 is 11.8 Å². The van der Waals surface area contributed by atoms with Crippen LogP contribution in [-0.2, 0) is 9.59 Å². The number of amides is 2. The third-order valence-electron chi connectivity index (χ3n) is 0.781. The van der Waals surface area contributed by atoms with Gasteiger partial charge in [-0.05, 0) is 0 Å². The Bertz CT molecular complexity index is 131. The van der Waals surface area contributed by atoms with E-state index in [1.54, 1.807) is 10.9 Å². The monoisotopic (exact) mass is 148 g/mol. The second kappa shape index (κ2) is 3.77. The van der Waals surface area contributed by atoms with E-state index in [9.17, 15) is 9.59 Å². The van der Waals surface area contributed by atoms with Crippen molar-refractivity contribution in [3.63, 3.8) is 0 Å². The van der Waals surface area contributed by atoms with Gasteiger partial charge in [-0.25, -0.2) is 11.7 Å². The van der Waals surface area contributed by atoms with Crippen molar-refractivity contribution in [2.24, 2.45) is 11.7 Å². The molecule has 0 aliphatic heterocycles. The fourth-order valence-corrected chi connectivity index (χ4v) is 0.277. The first kappa shape index (κ1) is 8.82. The molecule has 0 aliphatic carbocycles. The molecule has 7 nitrogen and oxygen atoms in total. The number of hydrazine groups is 2. The smallest absolute Gasteiger partial charge is 0.272 e. The van der Waals surface area contributed by atoms with Crippen molar-refractivity contribution in [1.82, 2.24) is 10.9 Å². The first-order valence-electron chi connectivity index (χ1n) is 2.32. The van der Waals surface area contributed by atoms with E-state index in [2.05, 4.69) is 11.7 Å². The molecule has 0 spiro atoms. The highest BCUT2D eigenvalue weighted by molar-refractivity contribution is 6.02. The molecular weight excluding hydrogens is 140 g/mol. The Hall–Kier alpha value is -1.18. The molecule has 0 radical (unpaired) electrons. The summed E-state index contributed by atoms with van der Waals surface area (Å²) >= 11 is 0. The van der Waals surface area contributed by atoms with Gasteiger partial charge in [-0.15, -0.1) is 0 Å². The van der Waals surface area contributed by atoms with Crippen LogP contribution in [-0.4, -0.2) is 23.0 Å². The van der Waals surface area contributed by atoms with Crippen molar-refractivity contribution in [3.05, 3.63) is 0 Å². The van der Waals surface area contributed by atoms with Crippen molar-refractivity contribution in [3.8, 4) is 0 Å². The van der Waals surface area contributed by atoms with Crippen molar-refractivity contribution in [2.75, 3.05) is 0 Å². The van der Waals surface area contributed by atoms with Gasteiger partial charge in [0, 0.05) is 0 Å². The number of nitrogens with one attached hydrogen (secondary N) is 2. The van der Waals surface area contributed by atoms with Gasteiger partial charge >= 0.3 is 0 Å². The largest absolute Gasteiger partial charge is 0.375 e. The van der Waals surface area contributed by atoms with Crippen LogP contribution in [0.15, 0.2) is 0 Å². The predicted octanol–water partition coefficient (Wildman–Crippen LogP) is -3.67. The van der Waals surface area contributed by atoms with E-state index in [0.717, 1.165) is 0 Å². The van der Waals surface area contributed by atoms with Gasteiger partial charge in [0.05, 0.1) is 0 Å². The zero-order valence-corrected chi connectivity index (χ0v) is 5.00. The van der Waals surface area contributed by atoms with Crippen LogP contribution >= 0.6 is 0 Å². The number of nitrogens with two attached hydrogens (primary N) is 2. The molecule has 0 bridgehead atoms. The summed E-state index contributed by atoms with van der Waals surface area (Å²) in [6.45, 7) is 0. The highest BCUT2D eigenvalue weighted by Crippen LogP contribution is 1.78. The minimum atomic E-state index is -1.85. The van der Waals surface area contributed by atoms with Crippen LogP contribution in [0.25, 0.3) is 0 Å². The maximum absolute atomic E-state index is 10.3. The van der Waals surface area contributed by atoms with E-state index in [-0.39, 0.29) is 0 Å². The summed E-state index contributed by atoms with van der Waals surface area (Å²) < 4.78 is 0. The molecule has 0 aromatic carbocycles. The number of aliphatic hydroxyl groups excluding tert-OH is 1. The molecule has 7 N–H and O–H groups in total. The lowest BCUT2D eigenvalue weighted by molar-refractivity contribution is -0.141. The standard InChI is InChI=1S/C3H8N4O3/c4-6-2(9)1(8)3(10)7-5/h1,8H,4-5H2,(H,6,9)(H,7,10). The first-order chi connectivity index (χ1) is 4.63. The van der Waals surface area contributed by atoms with Crippen LogP contribution in [0.2, 0.25) is 0 Å². The van der Waals surface area contributed by atoms with E-state index >= 15 is 0 Å². The predicted molar refractivity (Wildman–Crippen MR) is 30.7 cm³/mol. The molecule has 0 fully saturated rings. The lowest BCUT2D eigenvalue weighted by atomic mass is 10.3. The first-order valence-corrected chi connectivity index (χ1v) is 2.32. The Labute approximate surface area is 56.3 Å². The van der Waals surface area contributed by atoms with E-state index in [1.807, 2.05) is 0 Å². The number of carbonyl (C=O) groups excluding carboxylic acids is 2. The summed E-state index contributed by atoms with van der Waals surface area (Å²) in [5, 5.41) is 8.60. The van der Waals surface area contributed by atoms with Gasteiger partial charge in [0.2, 0.25) is 6.10 Å². The van der Waals surface area contributed by atoms with Gasteiger partial charge in [0.1, 0.15) is 0 Å². The Kier molecular flexibility index (Phi) is 3.33. The molecule has 0 saturated carbocycles.